The van der Waals surface area contributed by atoms with E-state index in [0.29, 0.717) is 33.0 Å². The van der Waals surface area contributed by atoms with E-state index in [2.05, 4.69) is 75.3 Å². The third-order valence-corrected chi connectivity index (χ3v) is 22.8. The summed E-state index contributed by atoms with van der Waals surface area (Å²) in [6, 6.07) is 0. The number of halogens is 1. The summed E-state index contributed by atoms with van der Waals surface area (Å²) in [5.41, 5.74) is 1.19. The molecule has 0 radical (unpaired) electrons. The average molecular weight is 1230 g/mol. The zero-order valence-corrected chi connectivity index (χ0v) is 56.3. The van der Waals surface area contributed by atoms with Crippen LogP contribution in [0.4, 0.5) is 11.6 Å². The summed E-state index contributed by atoms with van der Waals surface area (Å²) < 4.78 is 73.6. The second-order valence-corrected chi connectivity index (χ2v) is 28.6. The molecule has 0 saturated carbocycles. The number of aliphatic hydroxyl groups is 4. The number of aromatic nitrogens is 8. The Morgan fingerprint density at radius 2 is 1.11 bits per heavy atom. The normalized spacial score (nSPS) is 25.7. The van der Waals surface area contributed by atoms with Crippen LogP contribution in [0, 0.1) is 0 Å². The van der Waals surface area contributed by atoms with Crippen molar-refractivity contribution in [1.82, 2.24) is 39.0 Å². The number of thiol groups is 1. The average Bonchev–Trinajstić information content (AvgIpc) is 4.04. The van der Waals surface area contributed by atoms with Crippen LogP contribution in [0.1, 0.15) is 64.8 Å². The molecule has 13 atom stereocenters. The number of nitrogens with one attached hydrogen (secondary N) is 2. The minimum absolute atomic E-state index is 0. The predicted octanol–water partition coefficient (Wildman–Crippen LogP) is -7.22. The van der Waals surface area contributed by atoms with Gasteiger partial charge < -0.3 is 59.7 Å². The van der Waals surface area contributed by atoms with Crippen molar-refractivity contribution >= 4 is 122 Å². The number of unbranched alkanes of at least 4 members (excludes halogenated alkanes) is 4. The largest absolute Gasteiger partial charge is 1.00 e. The standard InChI is InChI=1S/C33H53ClN10O16P4S4.4Na/c1-5-7-9-11-67-32-39-25(35-3)19-27(41-32)43(15-37-19)29-23(47)21(45)17(57-29)13-55-63(53,65)59-61(49,50)31(34)62(51,52)60-64(54,66)56-14-18-22(46)24(48)30(58-18)44-16-38-20-26(36-4)40-33(42-28(20)44)68-12-10-8-6-2;;;;/h15-18,21-24,29-31,45-48H,5-14H2,1-4H3,(H,49,50)(H,51,52)(H,53,65)(H,54,66)(H,35,39,41)(H,36,40,42);;;;/q;4*+1/t17-,18-,21-,22-,23-,24-,29-,30-,31?,63?,64?;;;;/m1..../s1. The van der Waals surface area contributed by atoms with Crippen molar-refractivity contribution in [3.8, 4) is 0 Å². The monoisotopic (exact) mass is 1220 g/mol. The zero-order valence-electron chi connectivity index (χ0n) is 40.6. The van der Waals surface area contributed by atoms with Gasteiger partial charge in [-0.3, -0.25) is 22.8 Å². The number of ether oxygens (including phenoxy) is 2. The first kappa shape index (κ1) is 71.0. The molecule has 0 aromatic carbocycles. The maximum atomic E-state index is 13.2. The Hall–Kier alpha value is 2.86. The van der Waals surface area contributed by atoms with Crippen LogP contribution in [-0.4, -0.2) is 154 Å². The van der Waals surface area contributed by atoms with Gasteiger partial charge in [-0.25, -0.2) is 43.1 Å². The van der Waals surface area contributed by atoms with E-state index in [4.69, 9.17) is 41.9 Å². The number of aliphatic hydroxyl groups excluding tert-OH is 4. The summed E-state index contributed by atoms with van der Waals surface area (Å²) in [4.78, 5) is 55.8. The van der Waals surface area contributed by atoms with Crippen LogP contribution in [0.25, 0.3) is 22.3 Å². The van der Waals surface area contributed by atoms with Crippen molar-refractivity contribution in [2.45, 2.75) is 117 Å². The van der Waals surface area contributed by atoms with Gasteiger partial charge in [-0.15, -0.1) is 0 Å². The number of alkyl halides is 1. The van der Waals surface area contributed by atoms with Crippen molar-refractivity contribution in [3.63, 3.8) is 0 Å². The summed E-state index contributed by atoms with van der Waals surface area (Å²) in [7, 11) is -8.25. The minimum atomic E-state index is -5.78. The number of fused-ring (bicyclic) bond motifs is 2. The van der Waals surface area contributed by atoms with Crippen LogP contribution in [0.5, 0.6) is 0 Å². The molecule has 9 N–H and O–H groups in total. The molecule has 6 heterocycles. The molecule has 4 aromatic rings. The molecule has 39 heteroatoms. The Labute approximate surface area is 527 Å². The maximum Gasteiger partial charge on any atom is 1.00 e. The van der Waals surface area contributed by atoms with Crippen LogP contribution in [-0.2, 0) is 52.6 Å². The van der Waals surface area contributed by atoms with Gasteiger partial charge >= 0.3 is 147 Å². The van der Waals surface area contributed by atoms with Crippen molar-refractivity contribution in [1.29, 1.82) is 0 Å². The van der Waals surface area contributed by atoms with Crippen molar-refractivity contribution in [2.75, 3.05) is 49.4 Å². The van der Waals surface area contributed by atoms with Crippen LogP contribution >= 0.6 is 76.1 Å². The number of hydrogen-bond donors (Lipinski definition) is 10. The van der Waals surface area contributed by atoms with Gasteiger partial charge in [0.2, 0.25) is 4.86 Å². The molecule has 2 fully saturated rings. The molecule has 0 amide bonds. The van der Waals surface area contributed by atoms with Crippen molar-refractivity contribution < 1.29 is 194 Å². The summed E-state index contributed by atoms with van der Waals surface area (Å²) in [5.74, 6) is 2.31. The van der Waals surface area contributed by atoms with Crippen LogP contribution in [0.15, 0.2) is 23.0 Å². The Kier molecular flexibility index (Phi) is 30.9. The van der Waals surface area contributed by atoms with Gasteiger partial charge in [0.15, 0.2) is 56.7 Å². The first-order chi connectivity index (χ1) is 32.1. The molecule has 4 aromatic heterocycles. The zero-order chi connectivity index (χ0) is 49.8. The van der Waals surface area contributed by atoms with E-state index >= 15 is 0 Å². The fraction of sp³-hybridized carbons (Fsp3) is 0.697. The quantitative estimate of drug-likeness (QED) is 0.00531. The molecular weight excluding hydrogens is 1170 g/mol. The van der Waals surface area contributed by atoms with Crippen LogP contribution < -0.4 is 129 Å². The summed E-state index contributed by atoms with van der Waals surface area (Å²) >= 11 is 17.3. The topological polar surface area (TPSA) is 359 Å². The number of hydrogen-bond acceptors (Lipinski definition) is 24. The number of nitrogens with zero attached hydrogens (tertiary/aromatic N) is 8. The fourth-order valence-corrected chi connectivity index (χ4v) is 17.6. The summed E-state index contributed by atoms with van der Waals surface area (Å²) in [6.07, 6.45) is -3.55. The molecule has 0 aliphatic carbocycles. The SMILES string of the molecule is CCCCCSc1nc(NC)c2ncn([C@@H]3O[C@H](COP(=O)(S)OP(=O)(O)C(Cl)P(=O)(O)OP(O)(=S)OC[C@H]4O[C@@H](n5cnc6c(NC)nc(SCCCCC)nc65)[C@H](O)[C@@H]4O)[C@@H](O)[C@H]3O)c2n1.[Na+].[Na+].[Na+].[Na+]. The number of anilines is 2. The summed E-state index contributed by atoms with van der Waals surface area (Å²) in [5, 5.41) is 50.5. The van der Waals surface area contributed by atoms with E-state index in [0.717, 1.165) is 50.0 Å². The predicted molar refractivity (Wildman–Crippen MR) is 259 cm³/mol. The van der Waals surface area contributed by atoms with Gasteiger partial charge in [0, 0.05) is 25.6 Å². The molecule has 2 aliphatic heterocycles. The molecular formula is C33H53ClN10Na4O16P4S4+4. The molecule has 0 spiro atoms. The van der Waals surface area contributed by atoms with E-state index in [1.807, 2.05) is 0 Å². The number of rotatable bonds is 26. The second kappa shape index (κ2) is 31.3. The van der Waals surface area contributed by atoms with Crippen LogP contribution in [0.2, 0.25) is 0 Å². The Morgan fingerprint density at radius 1 is 0.708 bits per heavy atom. The van der Waals surface area contributed by atoms with E-state index in [1.54, 1.807) is 14.1 Å². The Balaban J connectivity index is 0.00000444. The molecule has 382 valence electrons. The number of imidazole rings is 2. The maximum absolute atomic E-state index is 13.2. The smallest absolute Gasteiger partial charge is 0.387 e. The third kappa shape index (κ3) is 17.9. The molecule has 72 heavy (non-hydrogen) atoms. The molecule has 2 saturated heterocycles. The fourth-order valence-electron chi connectivity index (χ4n) is 6.81. The van der Waals surface area contributed by atoms with E-state index in [1.165, 1.54) is 45.3 Å². The van der Waals surface area contributed by atoms with Gasteiger partial charge in [-0.1, -0.05) is 86.9 Å². The summed E-state index contributed by atoms with van der Waals surface area (Å²) in [6.45, 7) is -7.53. The van der Waals surface area contributed by atoms with E-state index in [9.17, 15) is 48.8 Å². The van der Waals surface area contributed by atoms with Gasteiger partial charge in [0.25, 0.3) is 0 Å². The molecule has 5 unspecified atom stereocenters. The van der Waals surface area contributed by atoms with E-state index in [-0.39, 0.29) is 130 Å². The van der Waals surface area contributed by atoms with Crippen molar-refractivity contribution in [3.05, 3.63) is 12.7 Å². The van der Waals surface area contributed by atoms with Gasteiger partial charge in [-0.05, 0) is 24.6 Å². The van der Waals surface area contributed by atoms with Crippen LogP contribution in [0.3, 0.4) is 0 Å². The van der Waals surface area contributed by atoms with Gasteiger partial charge in [0.1, 0.15) is 36.6 Å². The first-order valence-electron chi connectivity index (χ1n) is 20.9. The Bertz CT molecular complexity index is 2430. The third-order valence-electron chi connectivity index (χ3n) is 10.2. The molecule has 26 nitrogen and oxygen atoms in total. The van der Waals surface area contributed by atoms with Gasteiger partial charge in [0.05, 0.1) is 25.9 Å². The van der Waals surface area contributed by atoms with Crippen molar-refractivity contribution in [2.24, 2.45) is 0 Å². The second-order valence-electron chi connectivity index (χ2n) is 15.2. The number of thioether (sulfide) groups is 2. The Morgan fingerprint density at radius 3 is 1.51 bits per heavy atom. The first-order valence-corrected chi connectivity index (χ1v) is 31.8. The minimum Gasteiger partial charge on any atom is -0.387 e. The molecule has 2 aliphatic rings. The molecule has 0 bridgehead atoms. The molecule has 6 rings (SSSR count). The van der Waals surface area contributed by atoms with Gasteiger partial charge in [-0.2, -0.15) is 0 Å². The van der Waals surface area contributed by atoms with E-state index < -0.39 is 95.9 Å².